The van der Waals surface area contributed by atoms with Gasteiger partial charge in [0, 0.05) is 18.0 Å². The molecule has 1 atom stereocenters. The first-order valence-corrected chi connectivity index (χ1v) is 12.8. The molecule has 1 aliphatic rings. The first-order chi connectivity index (χ1) is 19.0. The average Bonchev–Trinajstić information content (AvgIpc) is 3.51. The van der Waals surface area contributed by atoms with Crippen molar-refractivity contribution in [3.63, 3.8) is 0 Å². The normalized spacial score (nSPS) is 16.5. The maximum atomic E-state index is 13.5. The number of aliphatic hydroxyl groups is 1. The number of para-hydroxylation sites is 1. The molecule has 1 amide bonds. The van der Waals surface area contributed by atoms with Crippen molar-refractivity contribution in [2.24, 2.45) is 0 Å². The van der Waals surface area contributed by atoms with Crippen molar-refractivity contribution in [1.29, 1.82) is 0 Å². The van der Waals surface area contributed by atoms with Crippen molar-refractivity contribution in [2.45, 2.75) is 6.04 Å². The summed E-state index contributed by atoms with van der Waals surface area (Å²) in [6, 6.07) is 24.0. The number of benzene rings is 3. The summed E-state index contributed by atoms with van der Waals surface area (Å²) in [5.74, 6) is -0.0699. The van der Waals surface area contributed by atoms with Crippen LogP contribution in [0.15, 0.2) is 103 Å². The van der Waals surface area contributed by atoms with Crippen LogP contribution < -0.4 is 14.4 Å². The fourth-order valence-electron chi connectivity index (χ4n) is 4.51. The van der Waals surface area contributed by atoms with Gasteiger partial charge in [0.15, 0.2) is 5.13 Å². The van der Waals surface area contributed by atoms with E-state index in [0.29, 0.717) is 39.0 Å². The molecule has 0 spiro atoms. The number of anilines is 1. The Balaban J connectivity index is 1.51. The number of pyridine rings is 1. The van der Waals surface area contributed by atoms with E-state index in [1.807, 2.05) is 36.4 Å². The zero-order valence-corrected chi connectivity index (χ0v) is 21.5. The Labute approximate surface area is 227 Å². The smallest absolute Gasteiger partial charge is 0.301 e. The standard InChI is InChI=1S/C30H21N3O5S/c1-37-21-10-11-23-24(17-21)39-30(32-23)33-26(19-6-5-9-22(16-19)38-20-7-3-2-4-8-20)25(28(35)29(33)36)27(34)18-12-14-31-15-13-18/h2-17,26,34H,1H3. The molecule has 5 aromatic rings. The summed E-state index contributed by atoms with van der Waals surface area (Å²) in [5.41, 5.74) is 1.57. The quantitative estimate of drug-likeness (QED) is 0.159. The van der Waals surface area contributed by atoms with Gasteiger partial charge in [-0.1, -0.05) is 41.7 Å². The summed E-state index contributed by atoms with van der Waals surface area (Å²) in [5, 5.41) is 11.6. The van der Waals surface area contributed by atoms with Gasteiger partial charge in [-0.15, -0.1) is 0 Å². The lowest BCUT2D eigenvalue weighted by atomic mass is 9.95. The lowest BCUT2D eigenvalue weighted by molar-refractivity contribution is -0.132. The second-order valence-corrected chi connectivity index (χ2v) is 9.73. The Bertz CT molecular complexity index is 1730. The van der Waals surface area contributed by atoms with Gasteiger partial charge < -0.3 is 14.6 Å². The van der Waals surface area contributed by atoms with Gasteiger partial charge in [-0.2, -0.15) is 0 Å². The number of thiazole rings is 1. The molecule has 192 valence electrons. The van der Waals surface area contributed by atoms with E-state index in [1.165, 1.54) is 28.6 Å². The molecule has 1 N–H and O–H groups in total. The number of carbonyl (C=O) groups is 2. The Kier molecular flexibility index (Phi) is 6.26. The maximum absolute atomic E-state index is 13.5. The first-order valence-electron chi connectivity index (χ1n) is 12.0. The number of ether oxygens (including phenoxy) is 2. The average molecular weight is 536 g/mol. The molecule has 3 aromatic carbocycles. The molecular weight excluding hydrogens is 514 g/mol. The lowest BCUT2D eigenvalue weighted by Gasteiger charge is -2.23. The second kappa shape index (κ2) is 10.0. The summed E-state index contributed by atoms with van der Waals surface area (Å²) < 4.78 is 12.1. The summed E-state index contributed by atoms with van der Waals surface area (Å²) >= 11 is 1.26. The number of ketones is 1. The second-order valence-electron chi connectivity index (χ2n) is 8.72. The number of aromatic nitrogens is 2. The predicted molar refractivity (Wildman–Crippen MR) is 148 cm³/mol. The van der Waals surface area contributed by atoms with E-state index in [9.17, 15) is 14.7 Å². The van der Waals surface area contributed by atoms with Crippen LogP contribution in [0, 0.1) is 0 Å². The fourth-order valence-corrected chi connectivity index (χ4v) is 5.53. The molecule has 39 heavy (non-hydrogen) atoms. The van der Waals surface area contributed by atoms with Gasteiger partial charge in [-0.3, -0.25) is 19.5 Å². The molecule has 2 aromatic heterocycles. The van der Waals surface area contributed by atoms with Crippen molar-refractivity contribution < 1.29 is 24.2 Å². The highest BCUT2D eigenvalue weighted by Gasteiger charge is 2.48. The molecule has 1 unspecified atom stereocenters. The number of methoxy groups -OCH3 is 1. The Morgan fingerprint density at radius 3 is 2.44 bits per heavy atom. The van der Waals surface area contributed by atoms with E-state index in [0.717, 1.165) is 4.70 Å². The van der Waals surface area contributed by atoms with Crippen molar-refractivity contribution in [3.05, 3.63) is 114 Å². The van der Waals surface area contributed by atoms with Crippen molar-refractivity contribution in [2.75, 3.05) is 12.0 Å². The van der Waals surface area contributed by atoms with Gasteiger partial charge >= 0.3 is 5.91 Å². The van der Waals surface area contributed by atoms with Crippen molar-refractivity contribution >= 4 is 44.1 Å². The third kappa shape index (κ3) is 4.49. The minimum atomic E-state index is -0.944. The Hall–Kier alpha value is -5.02. The van der Waals surface area contributed by atoms with Gasteiger partial charge in [0.1, 0.15) is 23.0 Å². The number of aliphatic hydroxyl groups excluding tert-OH is 1. The third-order valence-electron chi connectivity index (χ3n) is 6.34. The SMILES string of the molecule is COc1ccc2nc(N3C(=O)C(=O)C(=C(O)c4ccncc4)C3c3cccc(Oc4ccccc4)c3)sc2c1. The van der Waals surface area contributed by atoms with Gasteiger partial charge in [-0.25, -0.2) is 4.98 Å². The monoisotopic (exact) mass is 535 g/mol. The number of rotatable bonds is 6. The topological polar surface area (TPSA) is 102 Å². The Morgan fingerprint density at radius 2 is 1.67 bits per heavy atom. The number of hydrogen-bond donors (Lipinski definition) is 1. The van der Waals surface area contributed by atoms with Crippen LogP contribution in [0.25, 0.3) is 16.0 Å². The zero-order valence-electron chi connectivity index (χ0n) is 20.6. The van der Waals surface area contributed by atoms with Crippen LogP contribution in [-0.2, 0) is 9.59 Å². The van der Waals surface area contributed by atoms with Gasteiger partial charge in [-0.05, 0) is 60.2 Å². The molecular formula is C30H21N3O5S. The predicted octanol–water partition coefficient (Wildman–Crippen LogP) is 6.12. The Morgan fingerprint density at radius 1 is 0.897 bits per heavy atom. The zero-order chi connectivity index (χ0) is 26.9. The third-order valence-corrected chi connectivity index (χ3v) is 7.36. The molecule has 8 nitrogen and oxygen atoms in total. The number of nitrogens with zero attached hydrogens (tertiary/aromatic N) is 3. The van der Waals surface area contributed by atoms with Crippen LogP contribution in [0.5, 0.6) is 17.2 Å². The highest BCUT2D eigenvalue weighted by molar-refractivity contribution is 7.22. The molecule has 6 rings (SSSR count). The summed E-state index contributed by atoms with van der Waals surface area (Å²) in [6.45, 7) is 0. The number of carbonyl (C=O) groups excluding carboxylic acids is 2. The molecule has 1 saturated heterocycles. The fraction of sp³-hybridized carbons (Fsp3) is 0.0667. The first kappa shape index (κ1) is 24.3. The molecule has 1 fully saturated rings. The van der Waals surface area contributed by atoms with E-state index in [4.69, 9.17) is 9.47 Å². The van der Waals surface area contributed by atoms with Crippen LogP contribution in [-0.4, -0.2) is 33.9 Å². The maximum Gasteiger partial charge on any atom is 0.301 e. The molecule has 0 radical (unpaired) electrons. The van der Waals surface area contributed by atoms with Crippen molar-refractivity contribution in [1.82, 2.24) is 9.97 Å². The summed E-state index contributed by atoms with van der Waals surface area (Å²) in [7, 11) is 1.57. The van der Waals surface area contributed by atoms with Crippen molar-refractivity contribution in [3.8, 4) is 17.2 Å². The summed E-state index contributed by atoms with van der Waals surface area (Å²) in [4.78, 5) is 37.0. The minimum absolute atomic E-state index is 0.0418. The number of Topliss-reactive ketones (excluding diaryl/α,β-unsaturated/α-hetero) is 1. The van der Waals surface area contributed by atoms with Gasteiger partial charge in [0.25, 0.3) is 5.78 Å². The minimum Gasteiger partial charge on any atom is -0.507 e. The molecule has 9 heteroatoms. The number of hydrogen-bond acceptors (Lipinski definition) is 8. The van der Waals surface area contributed by atoms with Gasteiger partial charge in [0.05, 0.1) is 28.9 Å². The van der Waals surface area contributed by atoms with E-state index in [2.05, 4.69) is 9.97 Å². The molecule has 1 aliphatic heterocycles. The number of fused-ring (bicyclic) bond motifs is 1. The van der Waals surface area contributed by atoms with Crippen LogP contribution in [0.1, 0.15) is 17.2 Å². The highest BCUT2D eigenvalue weighted by atomic mass is 32.1. The highest BCUT2D eigenvalue weighted by Crippen LogP contribution is 2.45. The molecule has 0 aliphatic carbocycles. The van der Waals surface area contributed by atoms with E-state index >= 15 is 0 Å². The van der Waals surface area contributed by atoms with Crippen LogP contribution in [0.2, 0.25) is 0 Å². The van der Waals surface area contributed by atoms with Crippen LogP contribution in [0.3, 0.4) is 0 Å². The van der Waals surface area contributed by atoms with Gasteiger partial charge in [0.2, 0.25) is 0 Å². The molecule has 0 saturated carbocycles. The molecule has 0 bridgehead atoms. The largest absolute Gasteiger partial charge is 0.507 e. The summed E-state index contributed by atoms with van der Waals surface area (Å²) in [6.07, 6.45) is 3.02. The molecule has 3 heterocycles. The van der Waals surface area contributed by atoms with Crippen LogP contribution >= 0.6 is 11.3 Å². The lowest BCUT2D eigenvalue weighted by Crippen LogP contribution is -2.29. The van der Waals surface area contributed by atoms with E-state index in [-0.39, 0.29) is 11.3 Å². The van der Waals surface area contributed by atoms with E-state index < -0.39 is 17.7 Å². The van der Waals surface area contributed by atoms with Crippen LogP contribution in [0.4, 0.5) is 5.13 Å². The van der Waals surface area contributed by atoms with E-state index in [1.54, 1.807) is 55.6 Å². The number of amides is 1.